The van der Waals surface area contributed by atoms with E-state index in [1.54, 1.807) is 0 Å². The maximum absolute atomic E-state index is 9.00. The number of carboxylic acid groups (broad SMARTS) is 1. The predicted octanol–water partition coefficient (Wildman–Crippen LogP) is 0.144. The molecule has 0 aliphatic rings. The van der Waals surface area contributed by atoms with Gasteiger partial charge in [0.15, 0.2) is 0 Å². The number of carboxylic acids is 1. The third kappa shape index (κ3) is 192. The molecule has 0 unspecified atom stereocenters. The van der Waals surface area contributed by atoms with Crippen LogP contribution >= 0.6 is 0 Å². The van der Waals surface area contributed by atoms with Gasteiger partial charge in [0.1, 0.15) is 6.61 Å². The van der Waals surface area contributed by atoms with Gasteiger partial charge in [0.25, 0.3) is 5.97 Å². The smallest absolute Gasteiger partial charge is 0.300 e. The van der Waals surface area contributed by atoms with Gasteiger partial charge in [-0.05, 0) is 0 Å². The van der Waals surface area contributed by atoms with Gasteiger partial charge in [0, 0.05) is 6.92 Å². The summed E-state index contributed by atoms with van der Waals surface area (Å²) in [7, 11) is 0. The molecule has 0 aliphatic carbocycles. The summed E-state index contributed by atoms with van der Waals surface area (Å²) in [5.74, 6) is -0.833. The third-order valence-corrected chi connectivity index (χ3v) is 0.227. The van der Waals surface area contributed by atoms with Crippen molar-refractivity contribution in [3.63, 3.8) is 0 Å². The van der Waals surface area contributed by atoms with E-state index >= 15 is 0 Å². The van der Waals surface area contributed by atoms with Crippen molar-refractivity contribution in [3.05, 3.63) is 0 Å². The van der Waals surface area contributed by atoms with Crippen molar-refractivity contribution in [1.82, 2.24) is 0 Å². The molecule has 0 heterocycles. The largest absolute Gasteiger partial charge is 0.481 e. The molecule has 0 rings (SSSR count). The van der Waals surface area contributed by atoms with Crippen LogP contribution in [0.15, 0.2) is 0 Å². The zero-order valence-corrected chi connectivity index (χ0v) is 6.38. The lowest BCUT2D eigenvalue weighted by molar-refractivity contribution is -0.491. The molecular weight excluding hydrogens is 188 g/mol. The van der Waals surface area contributed by atoms with Gasteiger partial charge in [-0.3, -0.25) is 15.3 Å². The Balaban J connectivity index is -0.0000000512. The number of rotatable bonds is 3. The minimum absolute atomic E-state index is 0. The van der Waals surface area contributed by atoms with Crippen LogP contribution in [-0.4, -0.2) is 45.2 Å². The van der Waals surface area contributed by atoms with E-state index in [0.717, 1.165) is 6.92 Å². The Hall–Kier alpha value is -0.770. The first-order chi connectivity index (χ1) is 5.65. The van der Waals surface area contributed by atoms with Gasteiger partial charge >= 0.3 is 0 Å². The van der Waals surface area contributed by atoms with E-state index in [-0.39, 0.29) is 20.6 Å². The zero-order chi connectivity index (χ0) is 10.4. The summed E-state index contributed by atoms with van der Waals surface area (Å²) in [5.41, 5.74) is 0. The lowest BCUT2D eigenvalue weighted by Gasteiger charge is -1.87. The lowest BCUT2D eigenvalue weighted by Crippen LogP contribution is -1.96. The Labute approximate surface area is 75.4 Å². The number of aliphatic hydroxyl groups excluding tert-OH is 1. The highest BCUT2D eigenvalue weighted by atomic mass is 17.5. The zero-order valence-electron chi connectivity index (χ0n) is 6.38. The van der Waals surface area contributed by atoms with Crippen LogP contribution in [-0.2, 0) is 14.7 Å². The highest BCUT2D eigenvalue weighted by molar-refractivity contribution is 5.62. The van der Waals surface area contributed by atoms with Gasteiger partial charge in [-0.25, -0.2) is 10.1 Å². The summed E-state index contributed by atoms with van der Waals surface area (Å²) in [6.45, 7) is 0.928. The van der Waals surface area contributed by atoms with Gasteiger partial charge in [0.05, 0.1) is 6.61 Å². The van der Waals surface area contributed by atoms with Crippen LogP contribution in [0, 0.1) is 0 Å². The summed E-state index contributed by atoms with van der Waals surface area (Å²) >= 11 is 0. The van der Waals surface area contributed by atoms with Crippen LogP contribution < -0.4 is 0 Å². The fraction of sp³-hybridized carbons (Fsp3) is 0.800. The molecular formula is C5H16O8. The fourth-order valence-corrected chi connectivity index (χ4v) is 0.0745. The standard InChI is InChI=1S/C2H6O4.C2H4O2.CH4.H2O2/c3-1-2-5-6-4;1-2(3)4;;1-2/h3-4H,1-2H2;1H3,(H,3,4);1H4;1-2H. The maximum Gasteiger partial charge on any atom is 0.300 e. The Kier molecular flexibility index (Phi) is 53.0. The summed E-state index contributed by atoms with van der Waals surface area (Å²) in [6.07, 6.45) is 0. The molecule has 5 N–H and O–H groups in total. The van der Waals surface area contributed by atoms with E-state index in [0.29, 0.717) is 0 Å². The molecule has 0 saturated carbocycles. The van der Waals surface area contributed by atoms with Crippen LogP contribution in [0.1, 0.15) is 14.4 Å². The number of aliphatic carboxylic acids is 1. The average Bonchev–Trinajstić information content (AvgIpc) is 2.04. The molecule has 0 saturated heterocycles. The monoisotopic (exact) mass is 204 g/mol. The first-order valence-electron chi connectivity index (χ1n) is 2.58. The molecule has 0 spiro atoms. The normalized spacial score (nSPS) is 6.54. The molecule has 0 aromatic heterocycles. The molecule has 8 heteroatoms. The molecule has 0 aromatic rings. The molecule has 8 nitrogen and oxygen atoms in total. The Bertz CT molecular complexity index is 66.9. The van der Waals surface area contributed by atoms with Crippen LogP contribution in [0.5, 0.6) is 0 Å². The number of aliphatic hydroxyl groups is 1. The van der Waals surface area contributed by atoms with E-state index < -0.39 is 5.97 Å². The summed E-state index contributed by atoms with van der Waals surface area (Å²) < 4.78 is 0. The van der Waals surface area contributed by atoms with E-state index in [1.165, 1.54) is 0 Å². The predicted molar refractivity (Wildman–Crippen MR) is 42.0 cm³/mol. The average molecular weight is 204 g/mol. The van der Waals surface area contributed by atoms with Crippen LogP contribution in [0.25, 0.3) is 0 Å². The van der Waals surface area contributed by atoms with Crippen molar-refractivity contribution < 1.29 is 40.7 Å². The van der Waals surface area contributed by atoms with Gasteiger partial charge < -0.3 is 10.2 Å². The molecule has 13 heavy (non-hydrogen) atoms. The van der Waals surface area contributed by atoms with Crippen molar-refractivity contribution >= 4 is 5.97 Å². The molecule has 0 bridgehead atoms. The van der Waals surface area contributed by atoms with Crippen molar-refractivity contribution in [2.45, 2.75) is 14.4 Å². The van der Waals surface area contributed by atoms with Crippen LogP contribution in [0.2, 0.25) is 0 Å². The lowest BCUT2D eigenvalue weighted by atomic mass is 10.8. The second-order valence-electron chi connectivity index (χ2n) is 1.14. The Morgan fingerprint density at radius 3 is 1.77 bits per heavy atom. The van der Waals surface area contributed by atoms with Crippen molar-refractivity contribution in [3.8, 4) is 0 Å². The molecule has 0 fully saturated rings. The summed E-state index contributed by atoms with van der Waals surface area (Å²) in [6, 6.07) is 0. The Morgan fingerprint density at radius 1 is 1.38 bits per heavy atom. The van der Waals surface area contributed by atoms with Crippen LogP contribution in [0.3, 0.4) is 0 Å². The Morgan fingerprint density at radius 2 is 1.69 bits per heavy atom. The quantitative estimate of drug-likeness (QED) is 0.249. The van der Waals surface area contributed by atoms with Gasteiger partial charge in [-0.1, -0.05) is 12.5 Å². The number of carbonyl (C=O) groups is 1. The highest BCUT2D eigenvalue weighted by Crippen LogP contribution is 1.66. The molecule has 0 radical (unpaired) electrons. The minimum atomic E-state index is -0.833. The molecule has 0 aliphatic heterocycles. The van der Waals surface area contributed by atoms with E-state index in [9.17, 15) is 0 Å². The number of hydrogen-bond donors (Lipinski definition) is 5. The fourth-order valence-electron chi connectivity index (χ4n) is 0.0745. The molecule has 0 atom stereocenters. The van der Waals surface area contributed by atoms with E-state index in [4.69, 9.17) is 30.8 Å². The van der Waals surface area contributed by atoms with Gasteiger partial charge in [-0.2, -0.15) is 0 Å². The van der Waals surface area contributed by atoms with E-state index in [2.05, 4.69) is 9.93 Å². The SMILES string of the molecule is C.CC(=O)O.OCCOOO.OO. The summed E-state index contributed by atoms with van der Waals surface area (Å²) in [4.78, 5) is 12.8. The van der Waals surface area contributed by atoms with Gasteiger partial charge in [0.2, 0.25) is 0 Å². The first-order valence-corrected chi connectivity index (χ1v) is 2.58. The second-order valence-corrected chi connectivity index (χ2v) is 1.14. The van der Waals surface area contributed by atoms with E-state index in [1.807, 2.05) is 0 Å². The first kappa shape index (κ1) is 22.8. The number of hydrogen-bond acceptors (Lipinski definition) is 7. The van der Waals surface area contributed by atoms with Gasteiger partial charge in [-0.15, -0.1) is 0 Å². The molecule has 0 aromatic carbocycles. The van der Waals surface area contributed by atoms with Crippen molar-refractivity contribution in [2.75, 3.05) is 13.2 Å². The topological polar surface area (TPSA) is 137 Å². The molecule has 0 amide bonds. The molecule has 84 valence electrons. The third-order valence-electron chi connectivity index (χ3n) is 0.227. The second kappa shape index (κ2) is 30.3. The minimum Gasteiger partial charge on any atom is -0.481 e. The maximum atomic E-state index is 9.00. The highest BCUT2D eigenvalue weighted by Gasteiger charge is 1.76. The van der Waals surface area contributed by atoms with Crippen molar-refractivity contribution in [2.24, 2.45) is 0 Å². The van der Waals surface area contributed by atoms with Crippen molar-refractivity contribution in [1.29, 1.82) is 0 Å². The summed E-state index contributed by atoms with van der Waals surface area (Å²) in [5, 5.41) is 37.8. The van der Waals surface area contributed by atoms with Crippen LogP contribution in [0.4, 0.5) is 0 Å².